The fourth-order valence-electron chi connectivity index (χ4n) is 2.82. The second-order valence-corrected chi connectivity index (χ2v) is 5.21. The van der Waals surface area contributed by atoms with Gasteiger partial charge in [0.05, 0.1) is 11.2 Å². The highest BCUT2D eigenvalue weighted by Gasteiger charge is 2.33. The van der Waals surface area contributed by atoms with Gasteiger partial charge in [-0.25, -0.2) is 9.50 Å². The summed E-state index contributed by atoms with van der Waals surface area (Å²) in [4.78, 5) is 4.45. The summed E-state index contributed by atoms with van der Waals surface area (Å²) in [5.74, 6) is 0.894. The number of fused-ring (bicyclic) bond motifs is 1. The number of aryl methyl sites for hydroxylation is 1. The highest BCUT2D eigenvalue weighted by Crippen LogP contribution is 2.32. The van der Waals surface area contributed by atoms with Crippen LogP contribution in [0.2, 0.25) is 0 Å². The third-order valence-corrected chi connectivity index (χ3v) is 3.85. The van der Waals surface area contributed by atoms with E-state index >= 15 is 0 Å². The molecule has 0 atom stereocenters. The lowest BCUT2D eigenvalue weighted by molar-refractivity contribution is 0.491. The van der Waals surface area contributed by atoms with Crippen molar-refractivity contribution in [2.24, 2.45) is 5.73 Å². The van der Waals surface area contributed by atoms with Crippen LogP contribution in [-0.4, -0.2) is 26.7 Å². The molecule has 0 saturated heterocycles. The van der Waals surface area contributed by atoms with Crippen molar-refractivity contribution in [3.05, 3.63) is 24.2 Å². The Morgan fingerprint density at radius 2 is 2.22 bits per heavy atom. The van der Waals surface area contributed by atoms with Crippen molar-refractivity contribution < 1.29 is 0 Å². The summed E-state index contributed by atoms with van der Waals surface area (Å²) in [6.07, 6.45) is 8.38. The van der Waals surface area contributed by atoms with Crippen molar-refractivity contribution in [1.82, 2.24) is 14.6 Å². The minimum atomic E-state index is 0.0209. The van der Waals surface area contributed by atoms with Crippen molar-refractivity contribution >= 4 is 11.3 Å². The van der Waals surface area contributed by atoms with Gasteiger partial charge in [0.25, 0.3) is 0 Å². The van der Waals surface area contributed by atoms with E-state index < -0.39 is 0 Å². The minimum absolute atomic E-state index is 0.0209. The molecular weight excluding hydrogens is 226 g/mol. The summed E-state index contributed by atoms with van der Waals surface area (Å²) < 4.78 is 1.86. The van der Waals surface area contributed by atoms with E-state index in [9.17, 15) is 0 Å². The van der Waals surface area contributed by atoms with Gasteiger partial charge < -0.3 is 11.1 Å². The first-order valence-electron chi connectivity index (χ1n) is 6.52. The van der Waals surface area contributed by atoms with E-state index in [2.05, 4.69) is 21.5 Å². The number of anilines is 1. The average Bonchev–Trinajstić information content (AvgIpc) is 2.96. The largest absolute Gasteiger partial charge is 0.362 e. The maximum Gasteiger partial charge on any atom is 0.152 e. The van der Waals surface area contributed by atoms with Gasteiger partial charge in [-0.05, 0) is 25.8 Å². The van der Waals surface area contributed by atoms with E-state index in [1.54, 1.807) is 6.20 Å². The molecule has 1 fully saturated rings. The maximum atomic E-state index is 5.95. The van der Waals surface area contributed by atoms with Gasteiger partial charge in [0.2, 0.25) is 0 Å². The molecule has 0 unspecified atom stereocenters. The lowest BCUT2D eigenvalue weighted by atomic mass is 9.98. The van der Waals surface area contributed by atoms with Crippen LogP contribution in [0.25, 0.3) is 5.52 Å². The first-order chi connectivity index (χ1) is 8.72. The fraction of sp³-hybridized carbons (Fsp3) is 0.538. The molecule has 18 heavy (non-hydrogen) atoms. The lowest BCUT2D eigenvalue weighted by Crippen LogP contribution is -2.43. The molecule has 3 rings (SSSR count). The van der Waals surface area contributed by atoms with Gasteiger partial charge in [-0.3, -0.25) is 0 Å². The molecule has 1 aliphatic rings. The molecule has 2 heterocycles. The van der Waals surface area contributed by atoms with E-state index in [0.717, 1.165) is 29.9 Å². The normalized spacial score (nSPS) is 18.3. The first kappa shape index (κ1) is 11.5. The monoisotopic (exact) mass is 245 g/mol. The Bertz CT molecular complexity index is 554. The number of aromatic nitrogens is 3. The second kappa shape index (κ2) is 4.24. The Hall–Kier alpha value is -1.62. The summed E-state index contributed by atoms with van der Waals surface area (Å²) >= 11 is 0. The highest BCUT2D eigenvalue weighted by molar-refractivity contribution is 5.68. The topological polar surface area (TPSA) is 68.2 Å². The van der Waals surface area contributed by atoms with Crippen LogP contribution in [0, 0.1) is 6.92 Å². The molecule has 0 aliphatic heterocycles. The molecule has 0 aromatic carbocycles. The Kier molecular flexibility index (Phi) is 2.70. The van der Waals surface area contributed by atoms with Gasteiger partial charge in [0.15, 0.2) is 5.82 Å². The molecule has 2 aromatic heterocycles. The zero-order valence-corrected chi connectivity index (χ0v) is 10.7. The summed E-state index contributed by atoms with van der Waals surface area (Å²) in [6.45, 7) is 2.65. The molecule has 0 amide bonds. The van der Waals surface area contributed by atoms with Gasteiger partial charge in [-0.15, -0.1) is 0 Å². The van der Waals surface area contributed by atoms with Crippen LogP contribution < -0.4 is 11.1 Å². The quantitative estimate of drug-likeness (QED) is 0.864. The number of rotatable bonds is 3. The van der Waals surface area contributed by atoms with Crippen molar-refractivity contribution in [2.75, 3.05) is 11.9 Å². The van der Waals surface area contributed by atoms with E-state index in [0.29, 0.717) is 6.54 Å². The van der Waals surface area contributed by atoms with Gasteiger partial charge in [-0.2, -0.15) is 5.10 Å². The molecular formula is C13H19N5. The average molecular weight is 245 g/mol. The van der Waals surface area contributed by atoms with E-state index in [1.165, 1.54) is 12.8 Å². The molecule has 1 aliphatic carbocycles. The van der Waals surface area contributed by atoms with E-state index in [1.807, 2.05) is 17.6 Å². The molecule has 5 heteroatoms. The maximum absolute atomic E-state index is 5.95. The van der Waals surface area contributed by atoms with Crippen LogP contribution in [0.4, 0.5) is 5.82 Å². The van der Waals surface area contributed by atoms with E-state index in [4.69, 9.17) is 5.73 Å². The Balaban J connectivity index is 1.99. The highest BCUT2D eigenvalue weighted by atomic mass is 15.2. The Morgan fingerprint density at radius 3 is 2.94 bits per heavy atom. The van der Waals surface area contributed by atoms with Crippen LogP contribution >= 0.6 is 0 Å². The fourth-order valence-corrected chi connectivity index (χ4v) is 2.82. The van der Waals surface area contributed by atoms with Crippen molar-refractivity contribution in [2.45, 2.75) is 38.1 Å². The SMILES string of the molecule is Cc1cc2c(NC3(CN)CCCC3)nccn2n1. The summed E-state index contributed by atoms with van der Waals surface area (Å²) in [7, 11) is 0. The number of hydrogen-bond acceptors (Lipinski definition) is 4. The van der Waals surface area contributed by atoms with Gasteiger partial charge >= 0.3 is 0 Å². The molecule has 5 nitrogen and oxygen atoms in total. The Labute approximate surface area is 106 Å². The van der Waals surface area contributed by atoms with Gasteiger partial charge in [-0.1, -0.05) is 12.8 Å². The number of nitrogens with two attached hydrogens (primary N) is 1. The number of nitrogens with zero attached hydrogens (tertiary/aromatic N) is 3. The van der Waals surface area contributed by atoms with Crippen LogP contribution in [0.1, 0.15) is 31.4 Å². The van der Waals surface area contributed by atoms with Crippen LogP contribution in [0.15, 0.2) is 18.5 Å². The Morgan fingerprint density at radius 1 is 1.44 bits per heavy atom. The van der Waals surface area contributed by atoms with Gasteiger partial charge in [0, 0.05) is 18.9 Å². The summed E-state index contributed by atoms with van der Waals surface area (Å²) in [6, 6.07) is 2.05. The predicted molar refractivity (Wildman–Crippen MR) is 71.6 cm³/mol. The molecule has 3 N–H and O–H groups in total. The predicted octanol–water partition coefficient (Wildman–Crippen LogP) is 1.72. The van der Waals surface area contributed by atoms with Crippen LogP contribution in [0.3, 0.4) is 0 Å². The standard InChI is InChI=1S/C13H19N5/c1-10-8-11-12(15-6-7-18(11)17-10)16-13(9-14)4-2-3-5-13/h6-8H,2-5,9,14H2,1H3,(H,15,16). The lowest BCUT2D eigenvalue weighted by Gasteiger charge is -2.29. The zero-order valence-electron chi connectivity index (χ0n) is 10.7. The number of hydrogen-bond donors (Lipinski definition) is 2. The van der Waals surface area contributed by atoms with E-state index in [-0.39, 0.29) is 5.54 Å². The smallest absolute Gasteiger partial charge is 0.152 e. The molecule has 2 aromatic rings. The zero-order chi connectivity index (χ0) is 12.6. The van der Waals surface area contributed by atoms with Crippen molar-refractivity contribution in [1.29, 1.82) is 0 Å². The first-order valence-corrected chi connectivity index (χ1v) is 6.52. The molecule has 1 saturated carbocycles. The summed E-state index contributed by atoms with van der Waals surface area (Å²) in [5, 5.41) is 7.97. The van der Waals surface area contributed by atoms with Crippen LogP contribution in [-0.2, 0) is 0 Å². The van der Waals surface area contributed by atoms with Gasteiger partial charge in [0.1, 0.15) is 5.52 Å². The molecule has 0 bridgehead atoms. The van der Waals surface area contributed by atoms with Crippen molar-refractivity contribution in [3.63, 3.8) is 0 Å². The number of nitrogens with one attached hydrogen (secondary N) is 1. The third-order valence-electron chi connectivity index (χ3n) is 3.85. The van der Waals surface area contributed by atoms with Crippen LogP contribution in [0.5, 0.6) is 0 Å². The third kappa shape index (κ3) is 1.84. The minimum Gasteiger partial charge on any atom is -0.362 e. The molecule has 96 valence electrons. The molecule has 0 radical (unpaired) electrons. The second-order valence-electron chi connectivity index (χ2n) is 5.21. The molecule has 0 spiro atoms. The van der Waals surface area contributed by atoms with Crippen molar-refractivity contribution in [3.8, 4) is 0 Å². The summed E-state index contributed by atoms with van der Waals surface area (Å²) in [5.41, 5.74) is 8.00.